The van der Waals surface area contributed by atoms with Gasteiger partial charge in [0.2, 0.25) is 17.7 Å². The normalized spacial score (nSPS) is 31.8. The molecule has 2 aliphatic heterocycles. The van der Waals surface area contributed by atoms with Gasteiger partial charge in [-0.25, -0.2) is 9.78 Å². The van der Waals surface area contributed by atoms with Crippen molar-refractivity contribution in [1.82, 2.24) is 20.5 Å². The number of amides is 3. The van der Waals surface area contributed by atoms with Crippen LogP contribution in [0.25, 0.3) is 10.8 Å². The standard InChI is InChI=1S/C35H46N4O5/c1-4-26-19-35(26,3)38-31(40)29-18-27-20-39(29)33(41)30(25-11-6-5-7-12-25)37-34(42)43-21-22(2)9-8-10-23-13-14-24-15-16-36-32(44-27)28(24)17-23/h4,13-17,22,25-27,29-30H,1,5-12,18-21H2,2-3H3,(H,37,42)(H,38,40)/t22-,26?,27-,29+,30+,35?/m1/s1. The van der Waals surface area contributed by atoms with E-state index in [4.69, 9.17) is 9.47 Å². The topological polar surface area (TPSA) is 110 Å². The van der Waals surface area contributed by atoms with E-state index >= 15 is 0 Å². The average molecular weight is 603 g/mol. The number of hydrogen-bond acceptors (Lipinski definition) is 6. The molecule has 2 N–H and O–H groups in total. The molecule has 44 heavy (non-hydrogen) atoms. The molecule has 9 nitrogen and oxygen atoms in total. The Morgan fingerprint density at radius 2 is 1.98 bits per heavy atom. The van der Waals surface area contributed by atoms with E-state index in [-0.39, 0.29) is 48.3 Å². The lowest BCUT2D eigenvalue weighted by Gasteiger charge is -2.34. The zero-order valence-electron chi connectivity index (χ0n) is 26.1. The highest BCUT2D eigenvalue weighted by Crippen LogP contribution is 2.44. The Hall–Kier alpha value is -3.62. The van der Waals surface area contributed by atoms with E-state index in [0.717, 1.165) is 68.6 Å². The first kappa shape index (κ1) is 30.4. The molecule has 0 radical (unpaired) electrons. The van der Waals surface area contributed by atoms with Gasteiger partial charge in [0.05, 0.1) is 13.2 Å². The zero-order valence-corrected chi connectivity index (χ0v) is 26.1. The van der Waals surface area contributed by atoms with Crippen LogP contribution >= 0.6 is 0 Å². The van der Waals surface area contributed by atoms with Gasteiger partial charge < -0.3 is 25.0 Å². The van der Waals surface area contributed by atoms with Crippen molar-refractivity contribution in [2.45, 2.75) is 102 Å². The highest BCUT2D eigenvalue weighted by molar-refractivity contribution is 5.93. The van der Waals surface area contributed by atoms with E-state index in [2.05, 4.69) is 47.3 Å². The quantitative estimate of drug-likeness (QED) is 0.459. The van der Waals surface area contributed by atoms with Crippen LogP contribution in [0, 0.1) is 17.8 Å². The number of nitrogens with zero attached hydrogens (tertiary/aromatic N) is 2. The van der Waals surface area contributed by atoms with Crippen molar-refractivity contribution in [1.29, 1.82) is 0 Å². The van der Waals surface area contributed by atoms with Crippen LogP contribution in [0.5, 0.6) is 5.88 Å². The van der Waals surface area contributed by atoms with Gasteiger partial charge in [-0.2, -0.15) is 0 Å². The number of carbonyl (C=O) groups excluding carboxylic acids is 3. The Balaban J connectivity index is 1.33. The number of fused-ring (bicyclic) bond motifs is 3. The molecule has 2 aliphatic carbocycles. The second kappa shape index (κ2) is 12.8. The smallest absolute Gasteiger partial charge is 0.407 e. The van der Waals surface area contributed by atoms with E-state index in [1.165, 1.54) is 5.56 Å². The molecule has 3 heterocycles. The van der Waals surface area contributed by atoms with Gasteiger partial charge in [0.1, 0.15) is 18.2 Å². The number of ether oxygens (including phenoxy) is 2. The second-order valence-corrected chi connectivity index (χ2v) is 13.7. The van der Waals surface area contributed by atoms with Crippen molar-refractivity contribution >= 4 is 28.7 Å². The summed E-state index contributed by atoms with van der Waals surface area (Å²) in [6.07, 6.45) is 11.3. The molecule has 1 aromatic carbocycles. The number of cyclic esters (lactones) is 1. The largest absolute Gasteiger partial charge is 0.472 e. The number of alkyl carbamates (subject to hydrolysis) is 1. The van der Waals surface area contributed by atoms with Gasteiger partial charge in [-0.3, -0.25) is 9.59 Å². The van der Waals surface area contributed by atoms with Crippen LogP contribution in [0.2, 0.25) is 0 Å². The maximum atomic E-state index is 14.4. The van der Waals surface area contributed by atoms with Crippen LogP contribution in [0.1, 0.15) is 77.2 Å². The predicted octanol–water partition coefficient (Wildman–Crippen LogP) is 5.31. The molecule has 0 spiro atoms. The molecule has 3 amide bonds. The minimum absolute atomic E-state index is 0.0141. The lowest BCUT2D eigenvalue weighted by Crippen LogP contribution is -2.57. The van der Waals surface area contributed by atoms with Gasteiger partial charge in [0.25, 0.3) is 0 Å². The summed E-state index contributed by atoms with van der Waals surface area (Å²) in [5.74, 6) is 0.441. The number of aryl methyl sites for hydroxylation is 1. The summed E-state index contributed by atoms with van der Waals surface area (Å²) in [5, 5.41) is 8.11. The van der Waals surface area contributed by atoms with Gasteiger partial charge in [-0.15, -0.1) is 6.58 Å². The second-order valence-electron chi connectivity index (χ2n) is 13.7. The molecule has 4 aliphatic rings. The van der Waals surface area contributed by atoms with E-state index in [9.17, 15) is 14.4 Å². The molecule has 1 saturated heterocycles. The molecular weight excluding hydrogens is 556 g/mol. The van der Waals surface area contributed by atoms with Crippen LogP contribution in [0.4, 0.5) is 4.79 Å². The monoisotopic (exact) mass is 602 g/mol. The third-order valence-electron chi connectivity index (χ3n) is 10.2. The first-order valence-electron chi connectivity index (χ1n) is 16.5. The summed E-state index contributed by atoms with van der Waals surface area (Å²) in [6, 6.07) is 6.85. The number of rotatable bonds is 4. The van der Waals surface area contributed by atoms with E-state index in [1.807, 2.05) is 19.1 Å². The van der Waals surface area contributed by atoms with Gasteiger partial charge in [-0.05, 0) is 80.4 Å². The average Bonchev–Trinajstić information content (AvgIpc) is 3.48. The summed E-state index contributed by atoms with van der Waals surface area (Å²) < 4.78 is 12.2. The van der Waals surface area contributed by atoms with Crippen LogP contribution in [0.3, 0.4) is 0 Å². The molecule has 9 heteroatoms. The van der Waals surface area contributed by atoms with Crippen molar-refractivity contribution in [3.8, 4) is 5.88 Å². The van der Waals surface area contributed by atoms with Gasteiger partial charge in [0, 0.05) is 29.5 Å². The predicted molar refractivity (Wildman–Crippen MR) is 168 cm³/mol. The molecule has 3 fully saturated rings. The lowest BCUT2D eigenvalue weighted by atomic mass is 9.83. The fourth-order valence-electron chi connectivity index (χ4n) is 7.37. The third kappa shape index (κ3) is 6.57. The summed E-state index contributed by atoms with van der Waals surface area (Å²) in [5.41, 5.74) is 0.820. The van der Waals surface area contributed by atoms with Gasteiger partial charge >= 0.3 is 6.09 Å². The lowest BCUT2D eigenvalue weighted by molar-refractivity contribution is -0.141. The molecule has 4 bridgehead atoms. The minimum atomic E-state index is -0.762. The number of carbonyl (C=O) groups is 3. The van der Waals surface area contributed by atoms with Crippen molar-refractivity contribution < 1.29 is 23.9 Å². The number of nitrogens with one attached hydrogen (secondary N) is 2. The fourth-order valence-corrected chi connectivity index (χ4v) is 7.37. The van der Waals surface area contributed by atoms with Crippen LogP contribution in [-0.4, -0.2) is 64.7 Å². The molecule has 2 aromatic rings. The summed E-state index contributed by atoms with van der Waals surface area (Å²) in [4.78, 5) is 47.6. The molecule has 6 atom stereocenters. The number of aromatic nitrogens is 1. The zero-order chi connectivity index (χ0) is 30.8. The SMILES string of the molecule is C=CC1CC1(C)NC(=O)[C@@H]1C[C@@H]2CN1C(=O)[C@H](C1CCCCC1)NC(=O)OC[C@H](C)CCCc1ccc3ccnc(c3c1)O2. The highest BCUT2D eigenvalue weighted by Gasteiger charge is 2.52. The minimum Gasteiger partial charge on any atom is -0.472 e. The van der Waals surface area contributed by atoms with Crippen LogP contribution in [-0.2, 0) is 20.7 Å². The van der Waals surface area contributed by atoms with Gasteiger partial charge in [-0.1, -0.05) is 44.4 Å². The summed E-state index contributed by atoms with van der Waals surface area (Å²) >= 11 is 0. The molecule has 2 saturated carbocycles. The highest BCUT2D eigenvalue weighted by atomic mass is 16.5. The van der Waals surface area contributed by atoms with Crippen molar-refractivity contribution in [2.75, 3.05) is 13.2 Å². The first-order valence-corrected chi connectivity index (χ1v) is 16.5. The Bertz CT molecular complexity index is 1410. The number of benzene rings is 1. The molecular formula is C35H46N4O5. The molecule has 1 aromatic heterocycles. The molecule has 2 unspecified atom stereocenters. The van der Waals surface area contributed by atoms with E-state index < -0.39 is 24.3 Å². The number of hydrogen-bond donors (Lipinski definition) is 2. The summed E-state index contributed by atoms with van der Waals surface area (Å²) in [6.45, 7) is 8.51. The van der Waals surface area contributed by atoms with Gasteiger partial charge in [0.15, 0.2) is 0 Å². The Morgan fingerprint density at radius 3 is 2.75 bits per heavy atom. The van der Waals surface area contributed by atoms with Crippen molar-refractivity contribution in [2.24, 2.45) is 17.8 Å². The van der Waals surface area contributed by atoms with Crippen molar-refractivity contribution in [3.63, 3.8) is 0 Å². The summed E-state index contributed by atoms with van der Waals surface area (Å²) in [7, 11) is 0. The fraction of sp³-hybridized carbons (Fsp3) is 0.600. The Morgan fingerprint density at radius 1 is 1.16 bits per heavy atom. The van der Waals surface area contributed by atoms with Crippen LogP contribution in [0.15, 0.2) is 43.1 Å². The molecule has 236 valence electrons. The van der Waals surface area contributed by atoms with E-state index in [1.54, 1.807) is 11.1 Å². The van der Waals surface area contributed by atoms with E-state index in [0.29, 0.717) is 12.3 Å². The maximum absolute atomic E-state index is 14.4. The Labute approximate surface area is 260 Å². The van der Waals surface area contributed by atoms with Crippen LogP contribution < -0.4 is 15.4 Å². The molecule has 6 rings (SSSR count). The Kier molecular flexibility index (Phi) is 8.83. The first-order chi connectivity index (χ1) is 21.2. The number of pyridine rings is 1. The maximum Gasteiger partial charge on any atom is 0.407 e. The van der Waals surface area contributed by atoms with Crippen molar-refractivity contribution in [3.05, 3.63) is 48.7 Å². The third-order valence-corrected chi connectivity index (χ3v) is 10.2.